The van der Waals surface area contributed by atoms with E-state index in [0.29, 0.717) is 17.1 Å². The van der Waals surface area contributed by atoms with Crippen LogP contribution in [0.15, 0.2) is 29.2 Å². The van der Waals surface area contributed by atoms with E-state index in [1.165, 1.54) is 16.8 Å². The summed E-state index contributed by atoms with van der Waals surface area (Å²) >= 11 is 0. The van der Waals surface area contributed by atoms with Crippen LogP contribution in [0.25, 0.3) is 0 Å². The Morgan fingerprint density at radius 1 is 1.26 bits per heavy atom. The Balaban J connectivity index is 2.43. The highest BCUT2D eigenvalue weighted by Gasteiger charge is 2.20. The van der Waals surface area contributed by atoms with Gasteiger partial charge in [-0.25, -0.2) is 12.8 Å². The highest BCUT2D eigenvalue weighted by Crippen LogP contribution is 2.20. The summed E-state index contributed by atoms with van der Waals surface area (Å²) in [5.74, 6) is -0.490. The summed E-state index contributed by atoms with van der Waals surface area (Å²) in [5, 5.41) is 4.02. The number of nitrogens with zero attached hydrogens (tertiary/aromatic N) is 2. The van der Waals surface area contributed by atoms with Crippen molar-refractivity contribution in [3.05, 3.63) is 41.3 Å². The van der Waals surface area contributed by atoms with Gasteiger partial charge in [-0.15, -0.1) is 0 Å². The minimum atomic E-state index is -3.96. The normalized spacial score (nSPS) is 11.6. The molecule has 0 aliphatic rings. The van der Waals surface area contributed by atoms with Gasteiger partial charge in [0.25, 0.3) is 10.0 Å². The van der Waals surface area contributed by atoms with Crippen molar-refractivity contribution >= 4 is 15.8 Å². The summed E-state index contributed by atoms with van der Waals surface area (Å²) in [4.78, 5) is -0.369. The molecule has 5 nitrogen and oxygen atoms in total. The van der Waals surface area contributed by atoms with Crippen LogP contribution >= 0.6 is 0 Å². The quantitative estimate of drug-likeness (QED) is 0.936. The molecule has 102 valence electrons. The van der Waals surface area contributed by atoms with Gasteiger partial charge in [0.2, 0.25) is 0 Å². The molecule has 19 heavy (non-hydrogen) atoms. The first-order valence-corrected chi connectivity index (χ1v) is 7.07. The Labute approximate surface area is 111 Å². The summed E-state index contributed by atoms with van der Waals surface area (Å²) in [6, 6.07) is 5.52. The number of rotatable bonds is 3. The van der Waals surface area contributed by atoms with E-state index in [2.05, 4.69) is 9.82 Å². The average molecular weight is 283 g/mol. The predicted molar refractivity (Wildman–Crippen MR) is 69.9 cm³/mol. The van der Waals surface area contributed by atoms with Gasteiger partial charge < -0.3 is 0 Å². The molecule has 0 radical (unpaired) electrons. The lowest BCUT2D eigenvalue weighted by atomic mass is 10.2. The van der Waals surface area contributed by atoms with Crippen molar-refractivity contribution in [1.29, 1.82) is 0 Å². The largest absolute Gasteiger partial charge is 0.265 e. The van der Waals surface area contributed by atoms with Crippen LogP contribution in [0.5, 0.6) is 0 Å². The molecule has 0 spiro atoms. The zero-order valence-electron chi connectivity index (χ0n) is 10.8. The maximum atomic E-state index is 13.6. The molecule has 1 N–H and O–H groups in total. The Morgan fingerprint density at radius 2 is 1.95 bits per heavy atom. The van der Waals surface area contributed by atoms with E-state index in [4.69, 9.17) is 0 Å². The lowest BCUT2D eigenvalue weighted by Gasteiger charge is -2.09. The molecule has 0 aliphatic carbocycles. The monoisotopic (exact) mass is 283 g/mol. The third-order valence-corrected chi connectivity index (χ3v) is 3.99. The fourth-order valence-corrected chi connectivity index (χ4v) is 2.96. The van der Waals surface area contributed by atoms with E-state index in [-0.39, 0.29) is 4.90 Å². The lowest BCUT2D eigenvalue weighted by Crippen LogP contribution is -2.16. The first-order valence-electron chi connectivity index (χ1n) is 5.59. The Morgan fingerprint density at radius 3 is 2.53 bits per heavy atom. The topological polar surface area (TPSA) is 64.0 Å². The number of aryl methyl sites for hydroxylation is 3. The number of sulfonamides is 1. The molecule has 2 aromatic rings. The molecule has 0 saturated heterocycles. The molecule has 0 fully saturated rings. The van der Waals surface area contributed by atoms with Crippen LogP contribution in [0.2, 0.25) is 0 Å². The molecule has 0 aliphatic heterocycles. The minimum Gasteiger partial charge on any atom is -0.263 e. The van der Waals surface area contributed by atoms with Crippen molar-refractivity contribution in [2.45, 2.75) is 18.7 Å². The summed E-state index contributed by atoms with van der Waals surface area (Å²) in [5.41, 5.74) is 1.34. The maximum Gasteiger partial charge on any atom is 0.265 e. The molecular weight excluding hydrogens is 269 g/mol. The predicted octanol–water partition coefficient (Wildman–Crippen LogP) is 1.98. The molecule has 0 atom stereocenters. The SMILES string of the molecule is Cc1ccc(F)c(S(=O)(=O)Nc2cc(C)nn2C)c1. The highest BCUT2D eigenvalue weighted by molar-refractivity contribution is 7.92. The van der Waals surface area contributed by atoms with Crippen molar-refractivity contribution in [2.24, 2.45) is 7.05 Å². The summed E-state index contributed by atoms with van der Waals surface area (Å²) < 4.78 is 41.6. The molecular formula is C12H14FN3O2S. The fraction of sp³-hybridized carbons (Fsp3) is 0.250. The summed E-state index contributed by atoms with van der Waals surface area (Å²) in [7, 11) is -2.35. The zero-order valence-corrected chi connectivity index (χ0v) is 11.6. The summed E-state index contributed by atoms with van der Waals surface area (Å²) in [6.07, 6.45) is 0. The van der Waals surface area contributed by atoms with Crippen molar-refractivity contribution in [3.8, 4) is 0 Å². The van der Waals surface area contributed by atoms with Gasteiger partial charge in [0.15, 0.2) is 0 Å². The number of anilines is 1. The number of hydrogen-bond acceptors (Lipinski definition) is 3. The minimum absolute atomic E-state index is 0.290. The van der Waals surface area contributed by atoms with Crippen LogP contribution in [-0.4, -0.2) is 18.2 Å². The van der Waals surface area contributed by atoms with Crippen molar-refractivity contribution in [3.63, 3.8) is 0 Å². The second-order valence-corrected chi connectivity index (χ2v) is 5.98. The van der Waals surface area contributed by atoms with Crippen LogP contribution in [0.4, 0.5) is 10.2 Å². The van der Waals surface area contributed by atoms with E-state index in [1.807, 2.05) is 0 Å². The Hall–Kier alpha value is -1.89. The van der Waals surface area contributed by atoms with Crippen LogP contribution in [0, 0.1) is 19.7 Å². The van der Waals surface area contributed by atoms with Crippen LogP contribution in [0.3, 0.4) is 0 Å². The Kier molecular flexibility index (Phi) is 3.32. The van der Waals surface area contributed by atoms with Gasteiger partial charge >= 0.3 is 0 Å². The third kappa shape index (κ3) is 2.76. The summed E-state index contributed by atoms with van der Waals surface area (Å²) in [6.45, 7) is 3.44. The molecule has 0 saturated carbocycles. The molecule has 0 amide bonds. The molecule has 1 aromatic carbocycles. The molecule has 0 bridgehead atoms. The van der Waals surface area contributed by atoms with E-state index >= 15 is 0 Å². The van der Waals surface area contributed by atoms with E-state index in [0.717, 1.165) is 6.07 Å². The fourth-order valence-electron chi connectivity index (χ4n) is 1.72. The van der Waals surface area contributed by atoms with E-state index in [9.17, 15) is 12.8 Å². The maximum absolute atomic E-state index is 13.6. The first kappa shape index (κ1) is 13.5. The van der Waals surface area contributed by atoms with Gasteiger partial charge in [-0.1, -0.05) is 6.07 Å². The molecule has 1 aromatic heterocycles. The van der Waals surface area contributed by atoms with Gasteiger partial charge in [0, 0.05) is 13.1 Å². The van der Waals surface area contributed by atoms with Crippen molar-refractivity contribution < 1.29 is 12.8 Å². The average Bonchev–Trinajstić information content (AvgIpc) is 2.60. The third-order valence-electron chi connectivity index (χ3n) is 2.62. The Bertz CT molecular complexity index is 723. The van der Waals surface area contributed by atoms with Crippen LogP contribution in [0.1, 0.15) is 11.3 Å². The number of aromatic nitrogens is 2. The van der Waals surface area contributed by atoms with Gasteiger partial charge in [0.05, 0.1) is 5.69 Å². The van der Waals surface area contributed by atoms with Gasteiger partial charge in [-0.05, 0) is 31.5 Å². The van der Waals surface area contributed by atoms with Gasteiger partial charge in [0.1, 0.15) is 16.5 Å². The smallest absolute Gasteiger partial charge is 0.263 e. The zero-order chi connectivity index (χ0) is 14.2. The van der Waals surface area contributed by atoms with Gasteiger partial charge in [-0.3, -0.25) is 9.40 Å². The first-order chi connectivity index (χ1) is 8.79. The number of benzene rings is 1. The number of halogens is 1. The van der Waals surface area contributed by atoms with Crippen molar-refractivity contribution in [1.82, 2.24) is 9.78 Å². The van der Waals surface area contributed by atoms with Crippen molar-refractivity contribution in [2.75, 3.05) is 4.72 Å². The molecule has 0 unspecified atom stereocenters. The highest BCUT2D eigenvalue weighted by atomic mass is 32.2. The molecule has 2 rings (SSSR count). The standard InChI is InChI=1S/C12H14FN3O2S/c1-8-4-5-10(13)11(6-8)19(17,18)15-12-7-9(2)14-16(12)3/h4-7,15H,1-3H3. The number of hydrogen-bond donors (Lipinski definition) is 1. The van der Waals surface area contributed by atoms with E-state index < -0.39 is 15.8 Å². The van der Waals surface area contributed by atoms with Gasteiger partial charge in [-0.2, -0.15) is 5.10 Å². The second kappa shape index (κ2) is 4.65. The van der Waals surface area contributed by atoms with Crippen LogP contribution < -0.4 is 4.72 Å². The van der Waals surface area contributed by atoms with Crippen LogP contribution in [-0.2, 0) is 17.1 Å². The second-order valence-electron chi connectivity index (χ2n) is 4.33. The number of nitrogens with one attached hydrogen (secondary N) is 1. The molecule has 1 heterocycles. The lowest BCUT2D eigenvalue weighted by molar-refractivity contribution is 0.569. The van der Waals surface area contributed by atoms with E-state index in [1.54, 1.807) is 27.0 Å². The molecule has 7 heteroatoms.